The highest BCUT2D eigenvalue weighted by Crippen LogP contribution is 2.04. The van der Waals surface area contributed by atoms with Gasteiger partial charge in [0.15, 0.2) is 0 Å². The molecule has 0 amide bonds. The number of hydrogen-bond acceptors (Lipinski definition) is 3. The van der Waals surface area contributed by atoms with E-state index >= 15 is 0 Å². The first-order valence-electron chi connectivity index (χ1n) is 5.12. The molecule has 1 N–H and O–H groups in total. The van der Waals surface area contributed by atoms with E-state index in [1.165, 1.54) is 0 Å². The van der Waals surface area contributed by atoms with Gasteiger partial charge in [-0.2, -0.15) is 0 Å². The van der Waals surface area contributed by atoms with Crippen LogP contribution in [0.25, 0.3) is 0 Å². The van der Waals surface area contributed by atoms with Crippen LogP contribution in [0.3, 0.4) is 0 Å². The maximum absolute atomic E-state index is 10.9. The molecule has 0 saturated heterocycles. The summed E-state index contributed by atoms with van der Waals surface area (Å²) in [5, 5.41) is 8.94. The lowest BCUT2D eigenvalue weighted by Gasteiger charge is -2.12. The third kappa shape index (κ3) is 7.33. The third-order valence-corrected chi connectivity index (χ3v) is 1.30. The molecule has 0 heterocycles. The van der Waals surface area contributed by atoms with Crippen LogP contribution in [-0.2, 0) is 9.53 Å². The molecule has 11 heavy (non-hydrogen) atoms. The molecule has 3 heteroatoms. The van der Waals surface area contributed by atoms with Crippen LogP contribution in [0.5, 0.6) is 0 Å². The molecule has 0 aromatic rings. The highest BCUT2D eigenvalue weighted by atomic mass is 16.5. The average molecular weight is 163 g/mol. The number of carbonyl (C=O) groups excluding carboxylic acids is 1. The molecule has 0 unspecified atom stereocenters. The summed E-state index contributed by atoms with van der Waals surface area (Å²) in [7, 11) is 0. The lowest BCUT2D eigenvalue weighted by Crippen LogP contribution is -2.14. The zero-order chi connectivity index (χ0) is 11.4. The topological polar surface area (TPSA) is 46.5 Å². The molecule has 0 rings (SSSR count). The summed E-state index contributed by atoms with van der Waals surface area (Å²) in [5.74, 6) is -1.18. The maximum atomic E-state index is 10.9. The fraction of sp³-hybridized carbons (Fsp3) is 0.875. The number of hydrogen-bond donors (Lipinski definition) is 1. The average Bonchev–Trinajstić information content (AvgIpc) is 1.99. The zero-order valence-corrected chi connectivity index (χ0v) is 6.83. The number of aliphatic hydroxyl groups excluding tert-OH is 1. The molecule has 2 atom stereocenters. The van der Waals surface area contributed by atoms with Crippen molar-refractivity contribution in [1.29, 1.82) is 0 Å². The lowest BCUT2D eigenvalue weighted by molar-refractivity contribution is -0.145. The van der Waals surface area contributed by atoms with Gasteiger partial charge < -0.3 is 9.84 Å². The Labute approximate surface area is 71.6 Å². The predicted molar refractivity (Wildman–Crippen MR) is 42.1 cm³/mol. The van der Waals surface area contributed by atoms with Crippen molar-refractivity contribution in [3.8, 4) is 0 Å². The Morgan fingerprint density at radius 2 is 2.27 bits per heavy atom. The highest BCUT2D eigenvalue weighted by molar-refractivity contribution is 5.66. The molecule has 0 aliphatic heterocycles. The van der Waals surface area contributed by atoms with Gasteiger partial charge in [-0.3, -0.25) is 4.79 Å². The Bertz CT molecular complexity index is 189. The van der Waals surface area contributed by atoms with Crippen LogP contribution < -0.4 is 0 Å². The molecule has 0 aliphatic carbocycles. The molecule has 0 spiro atoms. The van der Waals surface area contributed by atoms with Gasteiger partial charge in [0.05, 0.1) is 12.2 Å². The predicted octanol–water partition coefficient (Wildman–Crippen LogP) is 1.10. The minimum absolute atomic E-state index is 0.458. The van der Waals surface area contributed by atoms with Crippen molar-refractivity contribution in [3.63, 3.8) is 0 Å². The molecular formula is C8H16O3. The first-order chi connectivity index (χ1) is 6.23. The zero-order valence-electron chi connectivity index (χ0n) is 9.83. The van der Waals surface area contributed by atoms with Crippen molar-refractivity contribution in [2.45, 2.75) is 45.7 Å². The quantitative estimate of drug-likeness (QED) is 0.631. The minimum atomic E-state index is -2.70. The fourth-order valence-corrected chi connectivity index (χ4v) is 0.718. The van der Waals surface area contributed by atoms with Crippen LogP contribution in [0.1, 0.15) is 37.7 Å². The molecule has 0 aromatic carbocycles. The largest absolute Gasteiger partial charge is 0.463 e. The Hall–Kier alpha value is -0.570. The molecule has 0 aliphatic rings. The Morgan fingerprint density at radius 3 is 2.73 bits per heavy atom. The van der Waals surface area contributed by atoms with E-state index in [-0.39, 0.29) is 0 Å². The third-order valence-electron chi connectivity index (χ3n) is 1.30. The van der Waals surface area contributed by atoms with Gasteiger partial charge in [0.1, 0.15) is 0 Å². The van der Waals surface area contributed by atoms with E-state index in [2.05, 4.69) is 4.74 Å². The van der Waals surface area contributed by atoms with Crippen molar-refractivity contribution >= 4 is 5.97 Å². The summed E-state index contributed by atoms with van der Waals surface area (Å²) < 4.78 is 24.9. The van der Waals surface area contributed by atoms with Crippen molar-refractivity contribution in [3.05, 3.63) is 0 Å². The molecule has 0 fully saturated rings. The van der Waals surface area contributed by atoms with Crippen molar-refractivity contribution in [2.24, 2.45) is 0 Å². The highest BCUT2D eigenvalue weighted by Gasteiger charge is 2.06. The van der Waals surface area contributed by atoms with Crippen molar-refractivity contribution < 1.29 is 18.8 Å². The van der Waals surface area contributed by atoms with Crippen LogP contribution in [0.4, 0.5) is 0 Å². The van der Waals surface area contributed by atoms with Gasteiger partial charge >= 0.3 is 5.97 Å². The summed E-state index contributed by atoms with van der Waals surface area (Å²) in [5.41, 5.74) is 0. The van der Waals surface area contributed by atoms with E-state index in [1.54, 1.807) is 13.8 Å². The molecule has 0 aromatic heterocycles. The second kappa shape index (κ2) is 5.13. The summed E-state index contributed by atoms with van der Waals surface area (Å²) in [6.07, 6.45) is -0.00369. The number of esters is 1. The summed E-state index contributed by atoms with van der Waals surface area (Å²) >= 11 is 0. The van der Waals surface area contributed by atoms with Crippen molar-refractivity contribution in [2.75, 3.05) is 0 Å². The monoisotopic (exact) mass is 163 g/mol. The lowest BCUT2D eigenvalue weighted by atomic mass is 10.1. The van der Waals surface area contributed by atoms with E-state index < -0.39 is 25.0 Å². The molecule has 0 radical (unpaired) electrons. The smallest absolute Gasteiger partial charge is 0.302 e. The Balaban J connectivity index is 3.83. The van der Waals surface area contributed by atoms with Gasteiger partial charge in [-0.1, -0.05) is 0 Å². The van der Waals surface area contributed by atoms with Gasteiger partial charge in [-0.15, -0.1) is 0 Å². The Morgan fingerprint density at radius 1 is 1.64 bits per heavy atom. The number of ether oxygens (including phenoxy) is 1. The van der Waals surface area contributed by atoms with Gasteiger partial charge in [-0.25, -0.2) is 0 Å². The summed E-state index contributed by atoms with van der Waals surface area (Å²) in [6.45, 7) is 0.531. The van der Waals surface area contributed by atoms with E-state index in [9.17, 15) is 4.79 Å². The first-order valence-corrected chi connectivity index (χ1v) is 3.62. The standard InChI is InChI=1S/C8H16O3/c1-6(9)4-5-7(2)11-8(3)10/h6-7,9H,4-5H2,1-3H3/t6-,7+/m0/s1/i3D3. The van der Waals surface area contributed by atoms with Crippen LogP contribution >= 0.6 is 0 Å². The molecule has 0 saturated carbocycles. The van der Waals surface area contributed by atoms with E-state index in [4.69, 9.17) is 9.22 Å². The number of rotatable bonds is 4. The first kappa shape index (κ1) is 6.00. The van der Waals surface area contributed by atoms with Gasteiger partial charge in [0.2, 0.25) is 0 Å². The van der Waals surface area contributed by atoms with E-state index in [0.29, 0.717) is 12.8 Å². The van der Waals surface area contributed by atoms with Crippen LogP contribution in [0.15, 0.2) is 0 Å². The van der Waals surface area contributed by atoms with Gasteiger partial charge in [-0.05, 0) is 26.7 Å². The fourth-order valence-electron chi connectivity index (χ4n) is 0.718. The second-order valence-electron chi connectivity index (χ2n) is 2.64. The maximum Gasteiger partial charge on any atom is 0.302 e. The molecular weight excluding hydrogens is 144 g/mol. The summed E-state index contributed by atoms with van der Waals surface area (Å²) in [4.78, 5) is 10.9. The van der Waals surface area contributed by atoms with Gasteiger partial charge in [0, 0.05) is 11.0 Å². The van der Waals surface area contributed by atoms with Gasteiger partial charge in [0.25, 0.3) is 0 Å². The van der Waals surface area contributed by atoms with E-state index in [1.807, 2.05) is 0 Å². The number of aliphatic hydroxyl groups is 1. The van der Waals surface area contributed by atoms with Crippen LogP contribution in [0, 0.1) is 0 Å². The number of carbonyl (C=O) groups is 1. The normalized spacial score (nSPS) is 20.8. The van der Waals surface area contributed by atoms with Crippen molar-refractivity contribution in [1.82, 2.24) is 0 Å². The SMILES string of the molecule is [2H]C([2H])([2H])C(=O)O[C@H](C)CC[C@H](C)O. The second-order valence-corrected chi connectivity index (χ2v) is 2.64. The van der Waals surface area contributed by atoms with E-state index in [0.717, 1.165) is 0 Å². The van der Waals surface area contributed by atoms with Crippen LogP contribution in [0.2, 0.25) is 0 Å². The minimum Gasteiger partial charge on any atom is -0.463 e. The Kier molecular flexibility index (Phi) is 2.80. The molecule has 3 nitrogen and oxygen atoms in total. The summed E-state index contributed by atoms with van der Waals surface area (Å²) in [6, 6.07) is 0. The van der Waals surface area contributed by atoms with Crippen LogP contribution in [-0.4, -0.2) is 23.3 Å². The molecule has 66 valence electrons. The molecule has 0 bridgehead atoms.